The summed E-state index contributed by atoms with van der Waals surface area (Å²) in [6, 6.07) is 0.544. The number of nitrogens with one attached hydrogen (secondary N) is 2. The predicted octanol–water partition coefficient (Wildman–Crippen LogP) is 2.41. The summed E-state index contributed by atoms with van der Waals surface area (Å²) in [4.78, 5) is 38.6. The molecule has 144 valence electrons. The number of fused-ring (bicyclic) bond motifs is 1. The van der Waals surface area contributed by atoms with Crippen molar-refractivity contribution in [2.45, 2.75) is 71.9 Å². The summed E-state index contributed by atoms with van der Waals surface area (Å²) in [7, 11) is 0. The minimum absolute atomic E-state index is 0.0996. The molecule has 1 aliphatic carbocycles. The lowest BCUT2D eigenvalue weighted by atomic mass is 9.75. The Morgan fingerprint density at radius 1 is 1.38 bits per heavy atom. The van der Waals surface area contributed by atoms with Gasteiger partial charge >= 0.3 is 12.1 Å². The third-order valence-corrected chi connectivity index (χ3v) is 4.43. The Balaban J connectivity index is 2.20. The summed E-state index contributed by atoms with van der Waals surface area (Å²) >= 11 is 0. The van der Waals surface area contributed by atoms with Crippen molar-refractivity contribution in [3.05, 3.63) is 33.2 Å². The van der Waals surface area contributed by atoms with Gasteiger partial charge in [-0.25, -0.2) is 9.59 Å². The molecule has 1 heterocycles. The van der Waals surface area contributed by atoms with E-state index in [0.717, 1.165) is 30.5 Å². The van der Waals surface area contributed by atoms with Crippen LogP contribution in [0.25, 0.3) is 0 Å². The number of H-pyrrole nitrogens is 1. The number of carboxylic acid groups (broad SMARTS) is 1. The SMILES string of the molecule is CC1(C)CCc2[nH]c(=O)c(CC(NC(=O)OC(C)(C)C)C(=O)O)cc2C1. The van der Waals surface area contributed by atoms with Gasteiger partial charge in [0, 0.05) is 17.7 Å². The Morgan fingerprint density at radius 3 is 2.62 bits per heavy atom. The molecule has 1 unspecified atom stereocenters. The van der Waals surface area contributed by atoms with Crippen molar-refractivity contribution in [1.82, 2.24) is 10.3 Å². The van der Waals surface area contributed by atoms with Crippen LogP contribution in [0.1, 0.15) is 57.9 Å². The fourth-order valence-electron chi connectivity index (χ4n) is 3.13. The van der Waals surface area contributed by atoms with Crippen molar-refractivity contribution in [1.29, 1.82) is 0 Å². The topological polar surface area (TPSA) is 108 Å². The minimum atomic E-state index is -1.24. The number of aliphatic carboxylic acids is 1. The van der Waals surface area contributed by atoms with Crippen LogP contribution in [-0.2, 0) is 28.8 Å². The number of rotatable bonds is 4. The van der Waals surface area contributed by atoms with E-state index in [-0.39, 0.29) is 17.4 Å². The van der Waals surface area contributed by atoms with Crippen molar-refractivity contribution in [2.75, 3.05) is 0 Å². The molecule has 1 aromatic heterocycles. The molecule has 0 fully saturated rings. The van der Waals surface area contributed by atoms with Gasteiger partial charge in [-0.15, -0.1) is 0 Å². The van der Waals surface area contributed by atoms with E-state index in [4.69, 9.17) is 4.74 Å². The molecule has 3 N–H and O–H groups in total. The van der Waals surface area contributed by atoms with E-state index in [2.05, 4.69) is 24.1 Å². The number of aromatic amines is 1. The molecular formula is C19H28N2O5. The molecule has 1 atom stereocenters. The van der Waals surface area contributed by atoms with Gasteiger partial charge in [0.25, 0.3) is 5.56 Å². The maximum atomic E-state index is 12.3. The Labute approximate surface area is 153 Å². The monoisotopic (exact) mass is 364 g/mol. The highest BCUT2D eigenvalue weighted by Gasteiger charge is 2.28. The molecule has 0 bridgehead atoms. The number of aromatic nitrogens is 1. The number of aryl methyl sites for hydroxylation is 1. The number of amides is 1. The van der Waals surface area contributed by atoms with Crippen LogP contribution in [0.15, 0.2) is 10.9 Å². The number of carbonyl (C=O) groups excluding carboxylic acids is 1. The van der Waals surface area contributed by atoms with E-state index >= 15 is 0 Å². The molecule has 0 aromatic carbocycles. The number of ether oxygens (including phenoxy) is 1. The first kappa shape index (κ1) is 20.0. The van der Waals surface area contributed by atoms with Crippen LogP contribution in [0.2, 0.25) is 0 Å². The van der Waals surface area contributed by atoms with Gasteiger partial charge in [0.15, 0.2) is 0 Å². The van der Waals surface area contributed by atoms with Gasteiger partial charge in [0.05, 0.1) is 0 Å². The number of carbonyl (C=O) groups is 2. The minimum Gasteiger partial charge on any atom is -0.480 e. The summed E-state index contributed by atoms with van der Waals surface area (Å²) in [6.45, 7) is 9.42. The molecule has 1 aromatic rings. The van der Waals surface area contributed by atoms with Gasteiger partial charge in [-0.3, -0.25) is 4.79 Å². The standard InChI is InChI=1S/C19H28N2O5/c1-18(2,3)26-17(25)21-14(16(23)24)9-11-8-12-10-19(4,5)7-6-13(12)20-15(11)22/h8,14H,6-7,9-10H2,1-5H3,(H,20,22)(H,21,25)(H,23,24). The Kier molecular flexibility index (Phi) is 5.49. The molecule has 7 nitrogen and oxygen atoms in total. The van der Waals surface area contributed by atoms with Gasteiger partial charge in [0.2, 0.25) is 0 Å². The molecule has 1 aliphatic rings. The molecule has 2 rings (SSSR count). The van der Waals surface area contributed by atoms with Gasteiger partial charge in [0.1, 0.15) is 11.6 Å². The Morgan fingerprint density at radius 2 is 2.04 bits per heavy atom. The van der Waals surface area contributed by atoms with Crippen LogP contribution in [0.3, 0.4) is 0 Å². The van der Waals surface area contributed by atoms with Gasteiger partial charge < -0.3 is 20.1 Å². The second-order valence-corrected chi connectivity index (χ2v) is 8.71. The first-order chi connectivity index (χ1) is 11.9. The van der Waals surface area contributed by atoms with Crippen LogP contribution in [0.4, 0.5) is 4.79 Å². The number of hydrogen-bond donors (Lipinski definition) is 3. The van der Waals surface area contributed by atoms with E-state index < -0.39 is 23.7 Å². The first-order valence-corrected chi connectivity index (χ1v) is 8.82. The summed E-state index contributed by atoms with van der Waals surface area (Å²) in [5, 5.41) is 11.7. The van der Waals surface area contributed by atoms with Crippen LogP contribution >= 0.6 is 0 Å². The predicted molar refractivity (Wildman–Crippen MR) is 97.4 cm³/mol. The van der Waals surface area contributed by atoms with E-state index in [9.17, 15) is 19.5 Å². The van der Waals surface area contributed by atoms with Crippen LogP contribution in [0.5, 0.6) is 0 Å². The van der Waals surface area contributed by atoms with E-state index in [1.807, 2.05) is 0 Å². The zero-order chi connectivity index (χ0) is 19.7. The van der Waals surface area contributed by atoms with Crippen LogP contribution in [0, 0.1) is 5.41 Å². The highest BCUT2D eigenvalue weighted by molar-refractivity contribution is 5.80. The molecule has 0 radical (unpaired) electrons. The van der Waals surface area contributed by atoms with E-state index in [0.29, 0.717) is 5.56 Å². The number of hydrogen-bond acceptors (Lipinski definition) is 4. The largest absolute Gasteiger partial charge is 0.480 e. The molecule has 7 heteroatoms. The Bertz CT molecular complexity index is 758. The van der Waals surface area contributed by atoms with Crippen molar-refractivity contribution in [2.24, 2.45) is 5.41 Å². The van der Waals surface area contributed by atoms with Gasteiger partial charge in [-0.1, -0.05) is 13.8 Å². The molecule has 0 saturated carbocycles. The molecule has 1 amide bonds. The summed E-state index contributed by atoms with van der Waals surface area (Å²) in [5.74, 6) is -1.21. The van der Waals surface area contributed by atoms with Crippen molar-refractivity contribution >= 4 is 12.1 Å². The van der Waals surface area contributed by atoms with Crippen molar-refractivity contribution in [3.8, 4) is 0 Å². The lowest BCUT2D eigenvalue weighted by Gasteiger charge is -2.31. The van der Waals surface area contributed by atoms with Gasteiger partial charge in [-0.05, 0) is 57.1 Å². The first-order valence-electron chi connectivity index (χ1n) is 8.82. The Hall–Kier alpha value is -2.31. The second-order valence-electron chi connectivity index (χ2n) is 8.71. The third-order valence-electron chi connectivity index (χ3n) is 4.43. The highest BCUT2D eigenvalue weighted by atomic mass is 16.6. The summed E-state index contributed by atoms with van der Waals surface area (Å²) in [5.41, 5.74) is 1.42. The van der Waals surface area contributed by atoms with Gasteiger partial charge in [-0.2, -0.15) is 0 Å². The van der Waals surface area contributed by atoms with E-state index in [1.54, 1.807) is 26.8 Å². The molecule has 0 spiro atoms. The normalized spacial score (nSPS) is 17.1. The fraction of sp³-hybridized carbons (Fsp3) is 0.632. The quantitative estimate of drug-likeness (QED) is 0.760. The zero-order valence-corrected chi connectivity index (χ0v) is 16.1. The maximum Gasteiger partial charge on any atom is 0.408 e. The smallest absolute Gasteiger partial charge is 0.408 e. The number of pyridine rings is 1. The molecular weight excluding hydrogens is 336 g/mol. The summed E-state index contributed by atoms with van der Waals surface area (Å²) in [6.07, 6.45) is 1.70. The van der Waals surface area contributed by atoms with Crippen molar-refractivity contribution < 1.29 is 19.4 Å². The molecule has 0 aliphatic heterocycles. The molecule has 0 saturated heterocycles. The summed E-state index contributed by atoms with van der Waals surface area (Å²) < 4.78 is 5.10. The maximum absolute atomic E-state index is 12.3. The number of alkyl carbamates (subject to hydrolysis) is 1. The third kappa shape index (κ3) is 5.34. The lowest BCUT2D eigenvalue weighted by Crippen LogP contribution is -2.45. The average molecular weight is 364 g/mol. The average Bonchev–Trinajstić information content (AvgIpc) is 2.45. The highest BCUT2D eigenvalue weighted by Crippen LogP contribution is 2.33. The van der Waals surface area contributed by atoms with E-state index in [1.165, 1.54) is 0 Å². The number of carboxylic acids is 1. The molecule has 26 heavy (non-hydrogen) atoms. The zero-order valence-electron chi connectivity index (χ0n) is 16.1. The second kappa shape index (κ2) is 7.13. The van der Waals surface area contributed by atoms with Crippen LogP contribution < -0.4 is 10.9 Å². The lowest BCUT2D eigenvalue weighted by molar-refractivity contribution is -0.139. The van der Waals surface area contributed by atoms with Crippen molar-refractivity contribution in [3.63, 3.8) is 0 Å². The van der Waals surface area contributed by atoms with Crippen LogP contribution in [-0.4, -0.2) is 33.8 Å². The fourth-order valence-corrected chi connectivity index (χ4v) is 3.13.